The third-order valence-corrected chi connectivity index (χ3v) is 3.52. The van der Waals surface area contributed by atoms with Gasteiger partial charge in [-0.3, -0.25) is 4.79 Å². The molecule has 1 amide bonds. The first-order valence-electron chi connectivity index (χ1n) is 6.38. The van der Waals surface area contributed by atoms with Gasteiger partial charge in [-0.25, -0.2) is 0 Å². The lowest BCUT2D eigenvalue weighted by molar-refractivity contribution is -0.137. The average Bonchev–Trinajstić information content (AvgIpc) is 2.72. The molecule has 0 spiro atoms. The van der Waals surface area contributed by atoms with Crippen molar-refractivity contribution in [1.29, 1.82) is 0 Å². The van der Waals surface area contributed by atoms with Crippen LogP contribution in [0.2, 0.25) is 0 Å². The molecule has 1 aliphatic heterocycles. The minimum Gasteiger partial charge on any atom is -0.467 e. The molecule has 0 aliphatic carbocycles. The number of carbonyl (C=O) groups excluding carboxylic acids is 1. The van der Waals surface area contributed by atoms with Gasteiger partial charge in [-0.1, -0.05) is 0 Å². The number of hydrogen-bond acceptors (Lipinski definition) is 3. The molecule has 1 aromatic rings. The summed E-state index contributed by atoms with van der Waals surface area (Å²) in [5, 5.41) is 3.46. The van der Waals surface area contributed by atoms with Gasteiger partial charge in [0.25, 0.3) is 0 Å². The van der Waals surface area contributed by atoms with Crippen LogP contribution in [0, 0.1) is 0 Å². The Kier molecular flexibility index (Phi) is 3.23. The summed E-state index contributed by atoms with van der Waals surface area (Å²) in [4.78, 5) is 14.3. The minimum atomic E-state index is -0.211. The first-order chi connectivity index (χ1) is 8.30. The Morgan fingerprint density at radius 1 is 1.39 bits per heavy atom. The number of furan rings is 1. The third kappa shape index (κ3) is 2.75. The van der Waals surface area contributed by atoms with Gasteiger partial charge in [0.15, 0.2) is 0 Å². The second kappa shape index (κ2) is 4.43. The fraction of sp³-hybridized carbons (Fsp3) is 0.643. The molecular formula is C14H22N2O2. The molecule has 2 rings (SSSR count). The number of amides is 1. The molecule has 18 heavy (non-hydrogen) atoms. The molecule has 0 atom stereocenters. The predicted molar refractivity (Wildman–Crippen MR) is 70.0 cm³/mol. The molecule has 2 heterocycles. The first kappa shape index (κ1) is 13.1. The molecule has 4 heteroatoms. The van der Waals surface area contributed by atoms with Crippen LogP contribution in [0.1, 0.15) is 39.9 Å². The van der Waals surface area contributed by atoms with Crippen molar-refractivity contribution in [3.63, 3.8) is 0 Å². The number of hydrogen-bond donors (Lipinski definition) is 1. The molecule has 1 saturated heterocycles. The monoisotopic (exact) mass is 250 g/mol. The fourth-order valence-electron chi connectivity index (χ4n) is 2.29. The van der Waals surface area contributed by atoms with Gasteiger partial charge in [-0.05, 0) is 39.8 Å². The number of nitrogens with zero attached hydrogens (tertiary/aromatic N) is 1. The minimum absolute atomic E-state index is 0.147. The van der Waals surface area contributed by atoms with Crippen LogP contribution in [-0.2, 0) is 11.3 Å². The van der Waals surface area contributed by atoms with Crippen molar-refractivity contribution in [1.82, 2.24) is 10.2 Å². The molecule has 1 aromatic heterocycles. The highest BCUT2D eigenvalue weighted by molar-refractivity contribution is 5.78. The molecule has 0 radical (unpaired) electrons. The van der Waals surface area contributed by atoms with Crippen molar-refractivity contribution < 1.29 is 9.21 Å². The van der Waals surface area contributed by atoms with Crippen molar-refractivity contribution in [2.75, 3.05) is 6.54 Å². The van der Waals surface area contributed by atoms with E-state index in [1.54, 1.807) is 6.26 Å². The summed E-state index contributed by atoms with van der Waals surface area (Å²) in [6.45, 7) is 9.63. The van der Waals surface area contributed by atoms with Crippen molar-refractivity contribution in [3.05, 3.63) is 24.2 Å². The lowest BCUT2D eigenvalue weighted by Crippen LogP contribution is -2.50. The quantitative estimate of drug-likeness (QED) is 0.875. The SMILES string of the molecule is CC1(C)CC(=O)N(Cc2ccco2)C(C)(C)CN1. The number of carbonyl (C=O) groups is 1. The Morgan fingerprint density at radius 2 is 2.11 bits per heavy atom. The predicted octanol–water partition coefficient (Wildman–Crippen LogP) is 2.16. The molecule has 0 bridgehead atoms. The molecule has 0 unspecified atom stereocenters. The first-order valence-corrected chi connectivity index (χ1v) is 6.38. The largest absolute Gasteiger partial charge is 0.467 e. The summed E-state index contributed by atoms with van der Waals surface area (Å²) in [6.07, 6.45) is 2.16. The van der Waals surface area contributed by atoms with Gasteiger partial charge in [-0.2, -0.15) is 0 Å². The zero-order valence-electron chi connectivity index (χ0n) is 11.6. The number of rotatable bonds is 2. The van der Waals surface area contributed by atoms with E-state index in [1.807, 2.05) is 17.0 Å². The van der Waals surface area contributed by atoms with E-state index in [1.165, 1.54) is 0 Å². The maximum Gasteiger partial charge on any atom is 0.225 e. The molecule has 0 saturated carbocycles. The second-order valence-corrected chi connectivity index (χ2v) is 6.29. The van der Waals surface area contributed by atoms with Gasteiger partial charge in [0.2, 0.25) is 5.91 Å². The van der Waals surface area contributed by atoms with Crippen molar-refractivity contribution >= 4 is 5.91 Å². The normalized spacial score (nSPS) is 22.9. The summed E-state index contributed by atoms with van der Waals surface area (Å²) in [5.41, 5.74) is -0.357. The summed E-state index contributed by atoms with van der Waals surface area (Å²) < 4.78 is 5.36. The van der Waals surface area contributed by atoms with Crippen molar-refractivity contribution in [3.8, 4) is 0 Å². The molecule has 1 fully saturated rings. The molecule has 1 N–H and O–H groups in total. The second-order valence-electron chi connectivity index (χ2n) is 6.29. The van der Waals surface area contributed by atoms with Gasteiger partial charge < -0.3 is 14.6 Å². The van der Waals surface area contributed by atoms with E-state index in [0.29, 0.717) is 13.0 Å². The third-order valence-electron chi connectivity index (χ3n) is 3.52. The highest BCUT2D eigenvalue weighted by atomic mass is 16.3. The Labute approximate surface area is 108 Å². The van der Waals surface area contributed by atoms with Crippen molar-refractivity contribution in [2.24, 2.45) is 0 Å². The van der Waals surface area contributed by atoms with Crippen LogP contribution in [0.15, 0.2) is 22.8 Å². The smallest absolute Gasteiger partial charge is 0.225 e. The van der Waals surface area contributed by atoms with E-state index in [0.717, 1.165) is 12.3 Å². The topological polar surface area (TPSA) is 45.5 Å². The van der Waals surface area contributed by atoms with Crippen LogP contribution in [0.4, 0.5) is 0 Å². The van der Waals surface area contributed by atoms with Crippen LogP contribution < -0.4 is 5.32 Å². The van der Waals surface area contributed by atoms with E-state index in [9.17, 15) is 4.79 Å². The Hall–Kier alpha value is -1.29. The Balaban J connectivity index is 2.22. The lowest BCUT2D eigenvalue weighted by atomic mass is 10.0. The molecule has 0 aromatic carbocycles. The lowest BCUT2D eigenvalue weighted by Gasteiger charge is -2.36. The highest BCUT2D eigenvalue weighted by Gasteiger charge is 2.38. The Bertz CT molecular complexity index is 421. The summed E-state index contributed by atoms with van der Waals surface area (Å²) in [5.74, 6) is 1.00. The van der Waals surface area contributed by atoms with Crippen LogP contribution in [0.5, 0.6) is 0 Å². The van der Waals surface area contributed by atoms with E-state index in [2.05, 4.69) is 33.0 Å². The molecule has 4 nitrogen and oxygen atoms in total. The molecule has 1 aliphatic rings. The van der Waals surface area contributed by atoms with Crippen LogP contribution in [0.3, 0.4) is 0 Å². The fourth-order valence-corrected chi connectivity index (χ4v) is 2.29. The summed E-state index contributed by atoms with van der Waals surface area (Å²) in [6, 6.07) is 3.76. The van der Waals surface area contributed by atoms with Crippen LogP contribution in [-0.4, -0.2) is 28.4 Å². The molecule has 100 valence electrons. The van der Waals surface area contributed by atoms with E-state index in [4.69, 9.17) is 4.42 Å². The van der Waals surface area contributed by atoms with Gasteiger partial charge in [-0.15, -0.1) is 0 Å². The van der Waals surface area contributed by atoms with Crippen molar-refractivity contribution in [2.45, 2.75) is 51.7 Å². The standard InChI is InChI=1S/C14H22N2O2/c1-13(2)8-12(17)16(14(3,4)10-15-13)9-11-6-5-7-18-11/h5-7,15H,8-10H2,1-4H3. The van der Waals surface area contributed by atoms with Gasteiger partial charge >= 0.3 is 0 Å². The highest BCUT2D eigenvalue weighted by Crippen LogP contribution is 2.25. The zero-order valence-corrected chi connectivity index (χ0v) is 11.6. The van der Waals surface area contributed by atoms with E-state index < -0.39 is 0 Å². The molecular weight excluding hydrogens is 228 g/mol. The summed E-state index contributed by atoms with van der Waals surface area (Å²) >= 11 is 0. The Morgan fingerprint density at radius 3 is 2.72 bits per heavy atom. The van der Waals surface area contributed by atoms with E-state index >= 15 is 0 Å². The van der Waals surface area contributed by atoms with Gasteiger partial charge in [0, 0.05) is 18.5 Å². The summed E-state index contributed by atoms with van der Waals surface area (Å²) in [7, 11) is 0. The maximum absolute atomic E-state index is 12.4. The van der Waals surface area contributed by atoms with Crippen LogP contribution >= 0.6 is 0 Å². The van der Waals surface area contributed by atoms with E-state index in [-0.39, 0.29) is 17.0 Å². The number of nitrogens with one attached hydrogen (secondary N) is 1. The maximum atomic E-state index is 12.4. The van der Waals surface area contributed by atoms with Crippen LogP contribution in [0.25, 0.3) is 0 Å². The average molecular weight is 250 g/mol. The van der Waals surface area contributed by atoms with Gasteiger partial charge in [0.05, 0.1) is 18.3 Å². The van der Waals surface area contributed by atoms with Gasteiger partial charge in [0.1, 0.15) is 5.76 Å². The zero-order chi connectivity index (χ0) is 13.4.